The van der Waals surface area contributed by atoms with Gasteiger partial charge in [0.2, 0.25) is 0 Å². The molecule has 0 spiro atoms. The summed E-state index contributed by atoms with van der Waals surface area (Å²) in [5.41, 5.74) is 2.65. The van der Waals surface area contributed by atoms with E-state index >= 15 is 0 Å². The second kappa shape index (κ2) is 6.41. The standard InChI is InChI=1S/C17H19NO2S/c1-12-9-14(4-3-13(12)11-18-2)21-15-5-6-16-17(10-15)20-8-7-19-16/h3-6,9-10,18H,7-8,11H2,1-2H3. The number of hydrogen-bond acceptors (Lipinski definition) is 4. The fourth-order valence-corrected chi connectivity index (χ4v) is 3.29. The highest BCUT2D eigenvalue weighted by Crippen LogP contribution is 2.37. The summed E-state index contributed by atoms with van der Waals surface area (Å²) in [5, 5.41) is 3.19. The molecule has 3 nitrogen and oxygen atoms in total. The normalized spacial score (nSPS) is 13.2. The lowest BCUT2D eigenvalue weighted by Gasteiger charge is -2.18. The molecule has 0 saturated carbocycles. The number of benzene rings is 2. The summed E-state index contributed by atoms with van der Waals surface area (Å²) in [5.74, 6) is 1.68. The first-order valence-corrected chi connectivity index (χ1v) is 7.89. The van der Waals surface area contributed by atoms with Crippen LogP contribution in [0.2, 0.25) is 0 Å². The Kier molecular flexibility index (Phi) is 4.36. The maximum absolute atomic E-state index is 5.63. The average molecular weight is 301 g/mol. The molecule has 0 bridgehead atoms. The molecular formula is C17H19NO2S. The first-order chi connectivity index (χ1) is 10.3. The molecular weight excluding hydrogens is 282 g/mol. The van der Waals surface area contributed by atoms with Gasteiger partial charge < -0.3 is 14.8 Å². The molecule has 0 unspecified atom stereocenters. The van der Waals surface area contributed by atoms with E-state index in [0.29, 0.717) is 13.2 Å². The van der Waals surface area contributed by atoms with Crippen molar-refractivity contribution in [3.8, 4) is 11.5 Å². The second-order valence-corrected chi connectivity index (χ2v) is 6.17. The number of fused-ring (bicyclic) bond motifs is 1. The molecule has 1 heterocycles. The molecule has 0 aliphatic carbocycles. The molecule has 110 valence electrons. The van der Waals surface area contributed by atoms with Crippen LogP contribution in [0.4, 0.5) is 0 Å². The van der Waals surface area contributed by atoms with E-state index in [1.54, 1.807) is 11.8 Å². The molecule has 4 heteroatoms. The van der Waals surface area contributed by atoms with Crippen molar-refractivity contribution in [2.45, 2.75) is 23.3 Å². The highest BCUT2D eigenvalue weighted by molar-refractivity contribution is 7.99. The first-order valence-electron chi connectivity index (χ1n) is 7.08. The predicted octanol–water partition coefficient (Wildman–Crippen LogP) is 3.64. The minimum Gasteiger partial charge on any atom is -0.486 e. The van der Waals surface area contributed by atoms with Crippen LogP contribution in [0, 0.1) is 6.92 Å². The third-order valence-corrected chi connectivity index (χ3v) is 4.41. The SMILES string of the molecule is CNCc1ccc(Sc2ccc3c(c2)OCCO3)cc1C. The van der Waals surface area contributed by atoms with Crippen molar-refractivity contribution >= 4 is 11.8 Å². The molecule has 0 atom stereocenters. The van der Waals surface area contributed by atoms with Gasteiger partial charge in [0.1, 0.15) is 13.2 Å². The lowest BCUT2D eigenvalue weighted by atomic mass is 10.1. The molecule has 0 fully saturated rings. The van der Waals surface area contributed by atoms with E-state index in [0.717, 1.165) is 18.0 Å². The lowest BCUT2D eigenvalue weighted by molar-refractivity contribution is 0.171. The van der Waals surface area contributed by atoms with Gasteiger partial charge in [-0.3, -0.25) is 0 Å². The summed E-state index contributed by atoms with van der Waals surface area (Å²) < 4.78 is 11.2. The van der Waals surface area contributed by atoms with Gasteiger partial charge in [-0.25, -0.2) is 0 Å². The third kappa shape index (κ3) is 3.34. The van der Waals surface area contributed by atoms with Crippen LogP contribution in [0.5, 0.6) is 11.5 Å². The highest BCUT2D eigenvalue weighted by atomic mass is 32.2. The fourth-order valence-electron chi connectivity index (χ4n) is 2.34. The second-order valence-electron chi connectivity index (χ2n) is 5.03. The van der Waals surface area contributed by atoms with E-state index in [4.69, 9.17) is 9.47 Å². The molecule has 0 saturated heterocycles. The molecule has 1 aliphatic heterocycles. The monoisotopic (exact) mass is 301 g/mol. The lowest BCUT2D eigenvalue weighted by Crippen LogP contribution is -2.15. The van der Waals surface area contributed by atoms with Crippen LogP contribution in [0.3, 0.4) is 0 Å². The molecule has 0 amide bonds. The Bertz CT molecular complexity index is 643. The zero-order valence-electron chi connectivity index (χ0n) is 12.3. The molecule has 1 aliphatic rings. The predicted molar refractivity (Wildman–Crippen MR) is 85.5 cm³/mol. The number of hydrogen-bond donors (Lipinski definition) is 1. The molecule has 2 aromatic rings. The zero-order chi connectivity index (χ0) is 14.7. The highest BCUT2D eigenvalue weighted by Gasteiger charge is 2.12. The molecule has 0 aromatic heterocycles. The van der Waals surface area contributed by atoms with Crippen molar-refractivity contribution in [1.82, 2.24) is 5.32 Å². The summed E-state index contributed by atoms with van der Waals surface area (Å²) in [6.07, 6.45) is 0. The van der Waals surface area contributed by atoms with Crippen molar-refractivity contribution in [2.24, 2.45) is 0 Å². The van der Waals surface area contributed by atoms with Crippen LogP contribution >= 0.6 is 11.8 Å². The summed E-state index contributed by atoms with van der Waals surface area (Å²) in [7, 11) is 1.97. The van der Waals surface area contributed by atoms with E-state index in [9.17, 15) is 0 Å². The van der Waals surface area contributed by atoms with Crippen LogP contribution in [0.15, 0.2) is 46.2 Å². The summed E-state index contributed by atoms with van der Waals surface area (Å²) in [6.45, 7) is 4.31. The number of rotatable bonds is 4. The molecule has 21 heavy (non-hydrogen) atoms. The van der Waals surface area contributed by atoms with Gasteiger partial charge in [0.25, 0.3) is 0 Å². The summed E-state index contributed by atoms with van der Waals surface area (Å²) in [6, 6.07) is 12.7. The van der Waals surface area contributed by atoms with Gasteiger partial charge in [0, 0.05) is 16.3 Å². The molecule has 0 radical (unpaired) electrons. The van der Waals surface area contributed by atoms with Gasteiger partial charge in [0.15, 0.2) is 11.5 Å². The van der Waals surface area contributed by atoms with Gasteiger partial charge in [-0.2, -0.15) is 0 Å². The molecule has 1 N–H and O–H groups in total. The summed E-state index contributed by atoms with van der Waals surface area (Å²) in [4.78, 5) is 2.41. The zero-order valence-corrected chi connectivity index (χ0v) is 13.1. The van der Waals surface area contributed by atoms with Crippen LogP contribution in [-0.4, -0.2) is 20.3 Å². The Morgan fingerprint density at radius 2 is 1.71 bits per heavy atom. The Morgan fingerprint density at radius 1 is 1.00 bits per heavy atom. The maximum Gasteiger partial charge on any atom is 0.162 e. The van der Waals surface area contributed by atoms with E-state index < -0.39 is 0 Å². The Morgan fingerprint density at radius 3 is 2.48 bits per heavy atom. The number of aryl methyl sites for hydroxylation is 1. The van der Waals surface area contributed by atoms with Crippen LogP contribution in [0.25, 0.3) is 0 Å². The van der Waals surface area contributed by atoms with Crippen molar-refractivity contribution in [2.75, 3.05) is 20.3 Å². The molecule has 3 rings (SSSR count). The Labute approximate surface area is 129 Å². The Balaban J connectivity index is 1.78. The Hall–Kier alpha value is -1.65. The summed E-state index contributed by atoms with van der Waals surface area (Å²) >= 11 is 1.75. The van der Waals surface area contributed by atoms with Gasteiger partial charge in [-0.1, -0.05) is 17.8 Å². The van der Waals surface area contributed by atoms with Crippen LogP contribution in [-0.2, 0) is 6.54 Å². The topological polar surface area (TPSA) is 30.5 Å². The van der Waals surface area contributed by atoms with E-state index in [-0.39, 0.29) is 0 Å². The van der Waals surface area contributed by atoms with Crippen molar-refractivity contribution in [1.29, 1.82) is 0 Å². The van der Waals surface area contributed by atoms with E-state index in [2.05, 4.69) is 42.6 Å². The first kappa shape index (κ1) is 14.3. The number of ether oxygens (including phenoxy) is 2. The van der Waals surface area contributed by atoms with Gasteiger partial charge in [-0.15, -0.1) is 0 Å². The van der Waals surface area contributed by atoms with Gasteiger partial charge in [0.05, 0.1) is 0 Å². The van der Waals surface area contributed by atoms with Crippen LogP contribution in [0.1, 0.15) is 11.1 Å². The van der Waals surface area contributed by atoms with Crippen molar-refractivity contribution in [3.63, 3.8) is 0 Å². The van der Waals surface area contributed by atoms with Crippen LogP contribution < -0.4 is 14.8 Å². The minimum atomic E-state index is 0.624. The van der Waals surface area contributed by atoms with Crippen molar-refractivity contribution < 1.29 is 9.47 Å². The van der Waals surface area contributed by atoms with Crippen molar-refractivity contribution in [3.05, 3.63) is 47.5 Å². The largest absolute Gasteiger partial charge is 0.486 e. The molecule has 2 aromatic carbocycles. The third-order valence-electron chi connectivity index (χ3n) is 3.43. The number of nitrogens with one attached hydrogen (secondary N) is 1. The fraction of sp³-hybridized carbons (Fsp3) is 0.294. The smallest absolute Gasteiger partial charge is 0.162 e. The maximum atomic E-state index is 5.63. The van der Waals surface area contributed by atoms with Gasteiger partial charge >= 0.3 is 0 Å². The average Bonchev–Trinajstić information content (AvgIpc) is 2.50. The van der Waals surface area contributed by atoms with E-state index in [1.165, 1.54) is 20.9 Å². The van der Waals surface area contributed by atoms with E-state index in [1.807, 2.05) is 13.1 Å². The van der Waals surface area contributed by atoms with Gasteiger partial charge in [-0.05, 0) is 55.4 Å². The minimum absolute atomic E-state index is 0.624. The quantitative estimate of drug-likeness (QED) is 0.934.